The van der Waals surface area contributed by atoms with Crippen molar-refractivity contribution in [3.8, 4) is 0 Å². The lowest BCUT2D eigenvalue weighted by Crippen LogP contribution is -2.33. The van der Waals surface area contributed by atoms with Crippen molar-refractivity contribution in [2.45, 2.75) is 37.6 Å². The molecule has 76 valence electrons. The van der Waals surface area contributed by atoms with Crippen molar-refractivity contribution in [1.29, 1.82) is 0 Å². The number of ether oxygens (including phenoxy) is 2. The summed E-state index contributed by atoms with van der Waals surface area (Å²) in [7, 11) is 0. The summed E-state index contributed by atoms with van der Waals surface area (Å²) in [6, 6.07) is 0. The van der Waals surface area contributed by atoms with E-state index in [0.717, 1.165) is 24.2 Å². The molecule has 1 heterocycles. The second-order valence-electron chi connectivity index (χ2n) is 5.28. The summed E-state index contributed by atoms with van der Waals surface area (Å²) in [5, 5.41) is 0. The van der Waals surface area contributed by atoms with Crippen LogP contribution < -0.4 is 0 Å². The highest BCUT2D eigenvalue weighted by atomic mass is 16.6. The van der Waals surface area contributed by atoms with Crippen molar-refractivity contribution in [2.24, 2.45) is 23.7 Å². The Morgan fingerprint density at radius 3 is 3.00 bits per heavy atom. The van der Waals surface area contributed by atoms with E-state index in [4.69, 9.17) is 9.47 Å². The third kappa shape index (κ3) is 0.761. The Labute approximate surface area is 82.8 Å². The van der Waals surface area contributed by atoms with Gasteiger partial charge in [-0.2, -0.15) is 0 Å². The number of epoxide rings is 1. The molecule has 3 nitrogen and oxygen atoms in total. The van der Waals surface area contributed by atoms with Gasteiger partial charge in [0.25, 0.3) is 6.47 Å². The average Bonchev–Trinajstić information content (AvgIpc) is 2.61. The van der Waals surface area contributed by atoms with E-state index in [2.05, 4.69) is 0 Å². The molecule has 2 bridgehead atoms. The molecular formula is C11H14O3. The molecule has 0 N–H and O–H groups in total. The van der Waals surface area contributed by atoms with Gasteiger partial charge in [-0.05, 0) is 37.0 Å². The van der Waals surface area contributed by atoms with Crippen LogP contribution in [0.5, 0.6) is 0 Å². The van der Waals surface area contributed by atoms with E-state index >= 15 is 0 Å². The SMILES string of the molecule is O=COC1CC2CC1C1C3OC3C[C@@H]21. The molecule has 3 aliphatic carbocycles. The molecule has 0 aromatic carbocycles. The summed E-state index contributed by atoms with van der Waals surface area (Å²) in [4.78, 5) is 10.4. The highest BCUT2D eigenvalue weighted by Crippen LogP contribution is 2.64. The molecule has 7 atom stereocenters. The fourth-order valence-electron chi connectivity index (χ4n) is 4.47. The molecule has 0 aromatic heterocycles. The minimum absolute atomic E-state index is 0.210. The Bertz CT molecular complexity index is 290. The first-order valence-electron chi connectivity index (χ1n) is 5.63. The number of carbonyl (C=O) groups is 1. The van der Waals surface area contributed by atoms with E-state index in [1.165, 1.54) is 12.8 Å². The second-order valence-corrected chi connectivity index (χ2v) is 5.28. The number of rotatable bonds is 2. The van der Waals surface area contributed by atoms with Gasteiger partial charge < -0.3 is 9.47 Å². The zero-order valence-corrected chi connectivity index (χ0v) is 7.96. The van der Waals surface area contributed by atoms with Crippen LogP contribution in [0.25, 0.3) is 0 Å². The van der Waals surface area contributed by atoms with Gasteiger partial charge in [0, 0.05) is 5.92 Å². The fraction of sp³-hybridized carbons (Fsp3) is 0.909. The molecule has 14 heavy (non-hydrogen) atoms. The molecule has 6 unspecified atom stereocenters. The molecule has 3 heteroatoms. The van der Waals surface area contributed by atoms with Crippen LogP contribution in [0.4, 0.5) is 0 Å². The predicted octanol–water partition coefficient (Wildman–Crippen LogP) is 0.971. The van der Waals surface area contributed by atoms with Crippen LogP contribution in [0.2, 0.25) is 0 Å². The normalized spacial score (nSPS) is 62.1. The van der Waals surface area contributed by atoms with E-state index in [1.807, 2.05) is 0 Å². The summed E-state index contributed by atoms with van der Waals surface area (Å²) in [6.07, 6.45) is 4.99. The maximum absolute atomic E-state index is 10.4. The Hall–Kier alpha value is -0.570. The van der Waals surface area contributed by atoms with Crippen LogP contribution in [-0.4, -0.2) is 24.8 Å². The molecule has 0 radical (unpaired) electrons. The van der Waals surface area contributed by atoms with Crippen molar-refractivity contribution in [3.05, 3.63) is 0 Å². The summed E-state index contributed by atoms with van der Waals surface area (Å²) < 4.78 is 10.8. The first kappa shape index (κ1) is 7.69. The van der Waals surface area contributed by atoms with Gasteiger partial charge in [0.2, 0.25) is 0 Å². The lowest BCUT2D eigenvalue weighted by Gasteiger charge is -2.31. The molecular weight excluding hydrogens is 180 g/mol. The van der Waals surface area contributed by atoms with Gasteiger partial charge >= 0.3 is 0 Å². The van der Waals surface area contributed by atoms with Gasteiger partial charge in [-0.1, -0.05) is 0 Å². The van der Waals surface area contributed by atoms with Crippen LogP contribution >= 0.6 is 0 Å². The summed E-state index contributed by atoms with van der Waals surface area (Å²) in [5.41, 5.74) is 0. The van der Waals surface area contributed by atoms with Crippen molar-refractivity contribution >= 4 is 6.47 Å². The minimum atomic E-state index is 0.210. The standard InChI is InChI=1S/C11H14O3/c12-4-13-8-2-5-1-7(8)10-6(5)3-9-11(10)14-9/h4-11H,1-3H2/t5?,6-,7?,8?,9?,10?,11?/m0/s1. The highest BCUT2D eigenvalue weighted by Gasteiger charge is 2.67. The van der Waals surface area contributed by atoms with Crippen LogP contribution in [0, 0.1) is 23.7 Å². The number of hydrogen-bond acceptors (Lipinski definition) is 3. The molecule has 1 aliphatic heterocycles. The zero-order valence-electron chi connectivity index (χ0n) is 7.96. The molecule has 0 aromatic rings. The first-order chi connectivity index (χ1) is 6.88. The monoisotopic (exact) mass is 194 g/mol. The zero-order chi connectivity index (χ0) is 9.28. The van der Waals surface area contributed by atoms with E-state index in [0.29, 0.717) is 24.6 Å². The van der Waals surface area contributed by atoms with Gasteiger partial charge in [-0.3, -0.25) is 4.79 Å². The molecule has 4 rings (SSSR count). The fourth-order valence-corrected chi connectivity index (χ4v) is 4.47. The Morgan fingerprint density at radius 2 is 2.14 bits per heavy atom. The van der Waals surface area contributed by atoms with Crippen LogP contribution in [-0.2, 0) is 14.3 Å². The lowest BCUT2D eigenvalue weighted by molar-refractivity contribution is -0.137. The number of carbonyl (C=O) groups excluding carboxylic acids is 1. The van der Waals surface area contributed by atoms with Gasteiger partial charge in [0.1, 0.15) is 6.10 Å². The van der Waals surface area contributed by atoms with Gasteiger partial charge in [0.05, 0.1) is 12.2 Å². The smallest absolute Gasteiger partial charge is 0.293 e. The Morgan fingerprint density at radius 1 is 1.21 bits per heavy atom. The minimum Gasteiger partial charge on any atom is -0.464 e. The van der Waals surface area contributed by atoms with Crippen molar-refractivity contribution in [2.75, 3.05) is 0 Å². The number of hydrogen-bond donors (Lipinski definition) is 0. The Kier molecular flexibility index (Phi) is 1.28. The van der Waals surface area contributed by atoms with Crippen LogP contribution in [0.3, 0.4) is 0 Å². The largest absolute Gasteiger partial charge is 0.464 e. The maximum Gasteiger partial charge on any atom is 0.293 e. The van der Waals surface area contributed by atoms with Crippen molar-refractivity contribution in [3.63, 3.8) is 0 Å². The Balaban J connectivity index is 1.61. The molecule has 4 aliphatic rings. The second kappa shape index (κ2) is 2.32. The van der Waals surface area contributed by atoms with Gasteiger partial charge in [0.15, 0.2) is 0 Å². The summed E-state index contributed by atoms with van der Waals surface area (Å²) in [5.74, 6) is 3.07. The van der Waals surface area contributed by atoms with E-state index in [9.17, 15) is 4.79 Å². The third-order valence-corrected chi connectivity index (χ3v) is 4.92. The molecule has 1 saturated heterocycles. The van der Waals surface area contributed by atoms with E-state index < -0.39 is 0 Å². The average molecular weight is 194 g/mol. The number of fused-ring (bicyclic) bond motifs is 7. The predicted molar refractivity (Wildman–Crippen MR) is 47.4 cm³/mol. The molecule has 0 spiro atoms. The van der Waals surface area contributed by atoms with E-state index in [1.54, 1.807) is 0 Å². The van der Waals surface area contributed by atoms with Gasteiger partial charge in [-0.25, -0.2) is 0 Å². The molecule has 0 amide bonds. The van der Waals surface area contributed by atoms with Crippen LogP contribution in [0.15, 0.2) is 0 Å². The van der Waals surface area contributed by atoms with Crippen molar-refractivity contribution in [1.82, 2.24) is 0 Å². The summed E-state index contributed by atoms with van der Waals surface area (Å²) >= 11 is 0. The first-order valence-corrected chi connectivity index (χ1v) is 5.63. The quantitative estimate of drug-likeness (QED) is 0.485. The molecule has 3 saturated carbocycles. The van der Waals surface area contributed by atoms with Crippen LogP contribution in [0.1, 0.15) is 19.3 Å². The summed E-state index contributed by atoms with van der Waals surface area (Å²) in [6.45, 7) is 0.626. The van der Waals surface area contributed by atoms with E-state index in [-0.39, 0.29) is 6.10 Å². The third-order valence-electron chi connectivity index (χ3n) is 4.92. The highest BCUT2D eigenvalue weighted by molar-refractivity contribution is 5.38. The molecule has 4 fully saturated rings. The lowest BCUT2D eigenvalue weighted by atomic mass is 9.79. The van der Waals surface area contributed by atoms with Gasteiger partial charge in [-0.15, -0.1) is 0 Å². The van der Waals surface area contributed by atoms with Crippen molar-refractivity contribution < 1.29 is 14.3 Å². The topological polar surface area (TPSA) is 38.8 Å². The maximum atomic E-state index is 10.4.